The third kappa shape index (κ3) is 3.00. The topological polar surface area (TPSA) is 62.2 Å². The van der Waals surface area contributed by atoms with E-state index in [4.69, 9.17) is 5.11 Å². The number of aromatic nitrogens is 1. The zero-order valence-electron chi connectivity index (χ0n) is 10.9. The highest BCUT2D eigenvalue weighted by Crippen LogP contribution is 2.36. The Morgan fingerprint density at radius 1 is 1.44 bits per heavy atom. The van der Waals surface area contributed by atoms with Crippen LogP contribution in [0, 0.1) is 5.41 Å². The van der Waals surface area contributed by atoms with E-state index in [0.29, 0.717) is 17.3 Å². The van der Waals surface area contributed by atoms with Crippen molar-refractivity contribution in [2.24, 2.45) is 5.41 Å². The van der Waals surface area contributed by atoms with Gasteiger partial charge in [0.05, 0.1) is 0 Å². The van der Waals surface area contributed by atoms with Crippen molar-refractivity contribution in [2.75, 3.05) is 5.32 Å². The molecule has 0 unspecified atom stereocenters. The fraction of sp³-hybridized carbons (Fsp3) is 0.571. The standard InChI is InChI=1S/C14H20N2O2/c1-14(2)7-5-10(6-8-14)16-12-11(13(17)18)4-3-9-15-12/h3-4,9-10H,5-8H2,1-2H3,(H,15,16)(H,17,18). The molecule has 0 bridgehead atoms. The molecule has 1 aliphatic rings. The molecule has 0 saturated heterocycles. The van der Waals surface area contributed by atoms with Crippen molar-refractivity contribution in [3.8, 4) is 0 Å². The summed E-state index contributed by atoms with van der Waals surface area (Å²) in [6, 6.07) is 3.58. The summed E-state index contributed by atoms with van der Waals surface area (Å²) in [5.74, 6) is -0.434. The maximum absolute atomic E-state index is 11.1. The molecule has 0 spiro atoms. The van der Waals surface area contributed by atoms with Crippen molar-refractivity contribution in [3.05, 3.63) is 23.9 Å². The molecule has 0 aromatic carbocycles. The fourth-order valence-corrected chi connectivity index (χ4v) is 2.43. The second-order valence-electron chi connectivity index (χ2n) is 5.79. The minimum Gasteiger partial charge on any atom is -0.478 e. The lowest BCUT2D eigenvalue weighted by Gasteiger charge is -2.34. The molecule has 0 atom stereocenters. The zero-order chi connectivity index (χ0) is 13.2. The van der Waals surface area contributed by atoms with Gasteiger partial charge in [-0.25, -0.2) is 9.78 Å². The van der Waals surface area contributed by atoms with E-state index in [1.165, 1.54) is 12.8 Å². The molecular formula is C14H20N2O2. The van der Waals surface area contributed by atoms with Crippen LogP contribution in [-0.4, -0.2) is 22.1 Å². The average molecular weight is 248 g/mol. The van der Waals surface area contributed by atoms with Crippen LogP contribution in [0.1, 0.15) is 49.9 Å². The van der Waals surface area contributed by atoms with Gasteiger partial charge in [-0.3, -0.25) is 0 Å². The second-order valence-corrected chi connectivity index (χ2v) is 5.79. The van der Waals surface area contributed by atoms with E-state index < -0.39 is 5.97 Å². The average Bonchev–Trinajstić information content (AvgIpc) is 2.32. The van der Waals surface area contributed by atoms with Crippen molar-refractivity contribution in [1.29, 1.82) is 0 Å². The van der Waals surface area contributed by atoms with E-state index in [1.54, 1.807) is 18.3 Å². The summed E-state index contributed by atoms with van der Waals surface area (Å²) in [4.78, 5) is 15.2. The van der Waals surface area contributed by atoms with Crippen LogP contribution in [0.15, 0.2) is 18.3 Å². The highest BCUT2D eigenvalue weighted by atomic mass is 16.4. The third-order valence-electron chi connectivity index (χ3n) is 3.72. The quantitative estimate of drug-likeness (QED) is 0.862. The SMILES string of the molecule is CC1(C)CCC(Nc2ncccc2C(=O)O)CC1. The van der Waals surface area contributed by atoms with Crippen LogP contribution in [0.4, 0.5) is 5.82 Å². The Bertz CT molecular complexity index is 433. The molecule has 0 amide bonds. The zero-order valence-corrected chi connectivity index (χ0v) is 10.9. The van der Waals surface area contributed by atoms with Gasteiger partial charge in [0.2, 0.25) is 0 Å². The van der Waals surface area contributed by atoms with Gasteiger partial charge in [-0.05, 0) is 43.2 Å². The number of hydrogen-bond acceptors (Lipinski definition) is 3. The number of aromatic carboxylic acids is 1. The Morgan fingerprint density at radius 3 is 2.72 bits per heavy atom. The van der Waals surface area contributed by atoms with Gasteiger partial charge in [-0.1, -0.05) is 13.8 Å². The number of carbonyl (C=O) groups is 1. The van der Waals surface area contributed by atoms with Gasteiger partial charge >= 0.3 is 5.97 Å². The van der Waals surface area contributed by atoms with E-state index in [0.717, 1.165) is 12.8 Å². The first-order valence-corrected chi connectivity index (χ1v) is 6.43. The van der Waals surface area contributed by atoms with Crippen molar-refractivity contribution in [3.63, 3.8) is 0 Å². The van der Waals surface area contributed by atoms with E-state index in [2.05, 4.69) is 24.1 Å². The van der Waals surface area contributed by atoms with Crippen LogP contribution < -0.4 is 5.32 Å². The molecule has 98 valence electrons. The van der Waals surface area contributed by atoms with Crippen LogP contribution in [0.25, 0.3) is 0 Å². The van der Waals surface area contributed by atoms with Crippen molar-refractivity contribution < 1.29 is 9.90 Å². The summed E-state index contributed by atoms with van der Waals surface area (Å²) in [7, 11) is 0. The Hall–Kier alpha value is -1.58. The highest BCUT2D eigenvalue weighted by Gasteiger charge is 2.27. The fourth-order valence-electron chi connectivity index (χ4n) is 2.43. The summed E-state index contributed by atoms with van der Waals surface area (Å²) in [5, 5.41) is 12.4. The Morgan fingerprint density at radius 2 is 2.11 bits per heavy atom. The van der Waals surface area contributed by atoms with Gasteiger partial charge in [0.25, 0.3) is 0 Å². The lowest BCUT2D eigenvalue weighted by atomic mass is 9.75. The Balaban J connectivity index is 2.04. The summed E-state index contributed by atoms with van der Waals surface area (Å²) < 4.78 is 0. The number of nitrogens with zero attached hydrogens (tertiary/aromatic N) is 1. The molecule has 1 aromatic heterocycles. The van der Waals surface area contributed by atoms with Crippen LogP contribution in [-0.2, 0) is 0 Å². The first-order valence-electron chi connectivity index (χ1n) is 6.43. The monoisotopic (exact) mass is 248 g/mol. The lowest BCUT2D eigenvalue weighted by molar-refractivity contribution is 0.0697. The number of nitrogens with one attached hydrogen (secondary N) is 1. The molecule has 0 radical (unpaired) electrons. The van der Waals surface area contributed by atoms with Crippen molar-refractivity contribution in [2.45, 2.75) is 45.6 Å². The highest BCUT2D eigenvalue weighted by molar-refractivity contribution is 5.93. The van der Waals surface area contributed by atoms with E-state index in [1.807, 2.05) is 0 Å². The van der Waals surface area contributed by atoms with Crippen LogP contribution in [0.3, 0.4) is 0 Å². The molecule has 1 aromatic rings. The molecule has 1 fully saturated rings. The minimum atomic E-state index is -0.929. The van der Waals surface area contributed by atoms with Gasteiger partial charge in [0.1, 0.15) is 11.4 Å². The molecule has 1 saturated carbocycles. The van der Waals surface area contributed by atoms with Crippen LogP contribution in [0.2, 0.25) is 0 Å². The molecule has 4 nitrogen and oxygen atoms in total. The predicted molar refractivity (Wildman–Crippen MR) is 70.9 cm³/mol. The van der Waals surface area contributed by atoms with Gasteiger partial charge < -0.3 is 10.4 Å². The normalized spacial score (nSPS) is 19.4. The molecule has 4 heteroatoms. The number of anilines is 1. The lowest BCUT2D eigenvalue weighted by Crippen LogP contribution is -2.30. The second kappa shape index (κ2) is 4.96. The molecule has 1 aliphatic carbocycles. The first-order chi connectivity index (χ1) is 8.48. The first kappa shape index (κ1) is 12.9. The third-order valence-corrected chi connectivity index (χ3v) is 3.72. The minimum absolute atomic E-state index is 0.252. The van der Waals surface area contributed by atoms with E-state index in [-0.39, 0.29) is 5.56 Å². The smallest absolute Gasteiger partial charge is 0.339 e. The summed E-state index contributed by atoms with van der Waals surface area (Å²) >= 11 is 0. The summed E-state index contributed by atoms with van der Waals surface area (Å²) in [6.45, 7) is 4.57. The number of rotatable bonds is 3. The molecule has 2 rings (SSSR count). The van der Waals surface area contributed by atoms with Gasteiger partial charge in [-0.2, -0.15) is 0 Å². The van der Waals surface area contributed by atoms with Gasteiger partial charge in [-0.15, -0.1) is 0 Å². The molecule has 0 aliphatic heterocycles. The van der Waals surface area contributed by atoms with Gasteiger partial charge in [0, 0.05) is 12.2 Å². The van der Waals surface area contributed by atoms with Crippen LogP contribution in [0.5, 0.6) is 0 Å². The number of pyridine rings is 1. The Labute approximate surface area is 107 Å². The molecule has 18 heavy (non-hydrogen) atoms. The maximum atomic E-state index is 11.1. The predicted octanol–water partition coefficient (Wildman–Crippen LogP) is 3.16. The number of hydrogen-bond donors (Lipinski definition) is 2. The number of carboxylic acid groups (broad SMARTS) is 1. The Kier molecular flexibility index (Phi) is 3.55. The maximum Gasteiger partial charge on any atom is 0.339 e. The van der Waals surface area contributed by atoms with Crippen molar-refractivity contribution in [1.82, 2.24) is 4.98 Å². The molecule has 2 N–H and O–H groups in total. The summed E-state index contributed by atoms with van der Waals surface area (Å²) in [6.07, 6.45) is 6.10. The largest absolute Gasteiger partial charge is 0.478 e. The molecule has 1 heterocycles. The molecular weight excluding hydrogens is 228 g/mol. The van der Waals surface area contributed by atoms with Crippen molar-refractivity contribution >= 4 is 11.8 Å². The summed E-state index contributed by atoms with van der Waals surface area (Å²) in [5.41, 5.74) is 0.667. The van der Waals surface area contributed by atoms with Gasteiger partial charge in [0.15, 0.2) is 0 Å². The van der Waals surface area contributed by atoms with Crippen LogP contribution >= 0.6 is 0 Å². The van der Waals surface area contributed by atoms with E-state index >= 15 is 0 Å². The van der Waals surface area contributed by atoms with E-state index in [9.17, 15) is 4.79 Å². The number of carboxylic acids is 1.